The van der Waals surface area contributed by atoms with Crippen LogP contribution in [0, 0.1) is 0 Å². The molecule has 0 atom stereocenters. The van der Waals surface area contributed by atoms with Crippen molar-refractivity contribution in [2.75, 3.05) is 11.9 Å². The monoisotopic (exact) mass is 616 g/mol. The van der Waals surface area contributed by atoms with E-state index in [0.717, 1.165) is 8.95 Å². The van der Waals surface area contributed by atoms with Gasteiger partial charge in [-0.25, -0.2) is 4.98 Å². The second-order valence-corrected chi connectivity index (χ2v) is 9.70. The number of rotatable bonds is 7. The van der Waals surface area contributed by atoms with Crippen LogP contribution in [0.2, 0.25) is 5.02 Å². The Labute approximate surface area is 223 Å². The lowest BCUT2D eigenvalue weighted by Gasteiger charge is -2.11. The summed E-state index contributed by atoms with van der Waals surface area (Å²) >= 11 is 12.7. The number of fused-ring (bicyclic) bond motifs is 1. The van der Waals surface area contributed by atoms with Gasteiger partial charge in [-0.2, -0.15) is 9.78 Å². The van der Waals surface area contributed by atoms with Crippen molar-refractivity contribution in [2.24, 2.45) is 5.10 Å². The van der Waals surface area contributed by atoms with E-state index in [4.69, 9.17) is 16.3 Å². The molecule has 4 aromatic rings. The van der Waals surface area contributed by atoms with Gasteiger partial charge in [0.2, 0.25) is 0 Å². The minimum Gasteiger partial charge on any atom is -0.483 e. The second kappa shape index (κ2) is 11.2. The molecule has 1 heterocycles. The van der Waals surface area contributed by atoms with E-state index in [9.17, 15) is 9.59 Å². The number of hydrogen-bond donors (Lipinski definition) is 1. The first-order chi connectivity index (χ1) is 16.8. The van der Waals surface area contributed by atoms with E-state index < -0.39 is 0 Å². The third-order valence-corrected chi connectivity index (χ3v) is 6.20. The molecular weight excluding hydrogens is 600 g/mol. The van der Waals surface area contributed by atoms with Gasteiger partial charge < -0.3 is 10.1 Å². The van der Waals surface area contributed by atoms with Crippen LogP contribution in [0.1, 0.15) is 18.3 Å². The molecule has 35 heavy (non-hydrogen) atoms. The minimum atomic E-state index is -0.327. The van der Waals surface area contributed by atoms with Gasteiger partial charge in [0.1, 0.15) is 11.6 Å². The van der Waals surface area contributed by atoms with Gasteiger partial charge in [-0.1, -0.05) is 50.4 Å². The molecule has 0 spiro atoms. The molecule has 1 aromatic heterocycles. The molecule has 178 valence electrons. The Morgan fingerprint density at radius 1 is 1.11 bits per heavy atom. The molecule has 3 aromatic carbocycles. The Morgan fingerprint density at radius 2 is 1.83 bits per heavy atom. The molecule has 1 amide bonds. The van der Waals surface area contributed by atoms with Gasteiger partial charge >= 0.3 is 0 Å². The molecule has 10 heteroatoms. The van der Waals surface area contributed by atoms with Crippen LogP contribution < -0.4 is 15.6 Å². The van der Waals surface area contributed by atoms with Gasteiger partial charge in [0, 0.05) is 31.6 Å². The third-order valence-electron chi connectivity index (χ3n) is 4.96. The summed E-state index contributed by atoms with van der Waals surface area (Å²) in [5.74, 6) is 0.638. The highest BCUT2D eigenvalue weighted by Crippen LogP contribution is 2.22. The molecule has 7 nitrogen and oxygen atoms in total. The topological polar surface area (TPSA) is 85.6 Å². The molecule has 0 aliphatic carbocycles. The number of nitrogens with one attached hydrogen (secondary N) is 1. The van der Waals surface area contributed by atoms with Crippen molar-refractivity contribution in [3.63, 3.8) is 0 Å². The Kier molecular flexibility index (Phi) is 8.00. The molecule has 0 saturated heterocycles. The summed E-state index contributed by atoms with van der Waals surface area (Å²) < 4.78 is 8.61. The zero-order chi connectivity index (χ0) is 24.9. The van der Waals surface area contributed by atoms with E-state index in [-0.39, 0.29) is 18.1 Å². The van der Waals surface area contributed by atoms with Crippen molar-refractivity contribution in [3.8, 4) is 5.75 Å². The summed E-state index contributed by atoms with van der Waals surface area (Å²) in [4.78, 5) is 30.0. The van der Waals surface area contributed by atoms with Crippen LogP contribution in [0.15, 0.2) is 79.5 Å². The first kappa shape index (κ1) is 25.1. The Balaban J connectivity index is 1.59. The van der Waals surface area contributed by atoms with Crippen LogP contribution in [-0.2, 0) is 11.2 Å². The Hall–Kier alpha value is -3.01. The maximum atomic E-state index is 13.1. The fraction of sp³-hybridized carbons (Fsp3) is 0.120. The number of nitrogens with zero attached hydrogens (tertiary/aromatic N) is 3. The smallest absolute Gasteiger partial charge is 0.282 e. The minimum absolute atomic E-state index is 0.211. The fourth-order valence-corrected chi connectivity index (χ4v) is 4.15. The molecule has 0 aliphatic rings. The second-order valence-electron chi connectivity index (χ2n) is 7.43. The van der Waals surface area contributed by atoms with Gasteiger partial charge in [-0.05, 0) is 60.7 Å². The molecule has 0 fully saturated rings. The maximum Gasteiger partial charge on any atom is 0.282 e. The van der Waals surface area contributed by atoms with Crippen molar-refractivity contribution in [3.05, 3.63) is 96.4 Å². The van der Waals surface area contributed by atoms with E-state index in [2.05, 4.69) is 47.3 Å². The average Bonchev–Trinajstić information content (AvgIpc) is 2.84. The van der Waals surface area contributed by atoms with Crippen molar-refractivity contribution < 1.29 is 9.53 Å². The van der Waals surface area contributed by atoms with Crippen molar-refractivity contribution >= 4 is 72.2 Å². The lowest BCUT2D eigenvalue weighted by molar-refractivity contribution is -0.118. The molecule has 0 unspecified atom stereocenters. The number of carbonyl (C=O) groups is 1. The Bertz CT molecular complexity index is 1490. The molecule has 0 bridgehead atoms. The molecule has 0 aliphatic heterocycles. The predicted molar refractivity (Wildman–Crippen MR) is 146 cm³/mol. The number of hydrogen-bond acceptors (Lipinski definition) is 5. The largest absolute Gasteiger partial charge is 0.483 e. The maximum absolute atomic E-state index is 13.1. The average molecular weight is 619 g/mol. The molecular formula is C25H19Br2ClN4O3. The van der Waals surface area contributed by atoms with E-state index in [1.54, 1.807) is 54.6 Å². The van der Waals surface area contributed by atoms with E-state index in [1.165, 1.54) is 10.9 Å². The summed E-state index contributed by atoms with van der Waals surface area (Å²) in [6, 6.07) is 17.5. The normalized spacial score (nSPS) is 11.2. The molecule has 0 saturated carbocycles. The van der Waals surface area contributed by atoms with E-state index in [1.807, 2.05) is 13.0 Å². The summed E-state index contributed by atoms with van der Waals surface area (Å²) in [5.41, 5.74) is 1.54. The quantitative estimate of drug-likeness (QED) is 0.256. The summed E-state index contributed by atoms with van der Waals surface area (Å²) in [6.45, 7) is 1.70. The SMILES string of the molecule is CCc1nc2ccc(Br)cc2c(=O)n1N=Cc1cc(Br)ccc1OCC(=O)Nc1ccc(Cl)cc1. The standard InChI is InChI=1S/C25H19Br2ClN4O3/c1-2-23-31-21-9-3-17(27)12-20(21)25(34)32(23)29-13-15-11-16(26)4-10-22(15)35-14-24(33)30-19-7-5-18(28)6-8-19/h3-13H,2,14H2,1H3,(H,30,33). The fourth-order valence-electron chi connectivity index (χ4n) is 3.29. The van der Waals surface area contributed by atoms with Crippen molar-refractivity contribution in [2.45, 2.75) is 13.3 Å². The molecule has 1 N–H and O–H groups in total. The Morgan fingerprint density at radius 3 is 2.57 bits per heavy atom. The van der Waals surface area contributed by atoms with Crippen LogP contribution in [0.3, 0.4) is 0 Å². The first-order valence-electron chi connectivity index (χ1n) is 10.6. The lowest BCUT2D eigenvalue weighted by Crippen LogP contribution is -2.22. The van der Waals surface area contributed by atoms with Gasteiger partial charge in [0.05, 0.1) is 17.1 Å². The van der Waals surface area contributed by atoms with E-state index in [0.29, 0.717) is 45.2 Å². The number of halogens is 3. The molecule has 4 rings (SSSR count). The summed E-state index contributed by atoms with van der Waals surface area (Å²) in [5, 5.41) is 8.21. The predicted octanol–water partition coefficient (Wildman–Crippen LogP) is 6.04. The number of carbonyl (C=O) groups excluding carboxylic acids is 1. The first-order valence-corrected chi connectivity index (χ1v) is 12.5. The van der Waals surface area contributed by atoms with Crippen LogP contribution in [0.4, 0.5) is 5.69 Å². The summed E-state index contributed by atoms with van der Waals surface area (Å²) in [7, 11) is 0. The highest BCUT2D eigenvalue weighted by Gasteiger charge is 2.11. The van der Waals surface area contributed by atoms with Gasteiger partial charge in [-0.3, -0.25) is 9.59 Å². The number of aryl methyl sites for hydroxylation is 1. The van der Waals surface area contributed by atoms with Crippen LogP contribution in [0.25, 0.3) is 10.9 Å². The number of benzene rings is 3. The van der Waals surface area contributed by atoms with E-state index >= 15 is 0 Å². The van der Waals surface area contributed by atoms with Crippen LogP contribution in [0.5, 0.6) is 5.75 Å². The highest BCUT2D eigenvalue weighted by atomic mass is 79.9. The number of aromatic nitrogens is 2. The van der Waals surface area contributed by atoms with Crippen molar-refractivity contribution in [1.29, 1.82) is 0 Å². The number of ether oxygens (including phenoxy) is 1. The zero-order valence-corrected chi connectivity index (χ0v) is 22.4. The lowest BCUT2D eigenvalue weighted by atomic mass is 10.2. The van der Waals surface area contributed by atoms with Crippen LogP contribution >= 0.6 is 43.5 Å². The van der Waals surface area contributed by atoms with Crippen molar-refractivity contribution in [1.82, 2.24) is 9.66 Å². The number of anilines is 1. The zero-order valence-electron chi connectivity index (χ0n) is 18.5. The molecule has 0 radical (unpaired) electrons. The van der Waals surface area contributed by atoms with Gasteiger partial charge in [0.25, 0.3) is 11.5 Å². The number of amides is 1. The van der Waals surface area contributed by atoms with Gasteiger partial charge in [-0.15, -0.1) is 0 Å². The highest BCUT2D eigenvalue weighted by molar-refractivity contribution is 9.10. The van der Waals surface area contributed by atoms with Crippen LogP contribution in [-0.4, -0.2) is 28.4 Å². The summed E-state index contributed by atoms with van der Waals surface area (Å²) in [6.07, 6.45) is 2.04. The third kappa shape index (κ3) is 6.17. The van der Waals surface area contributed by atoms with Gasteiger partial charge in [0.15, 0.2) is 6.61 Å².